The average Bonchev–Trinajstić information content (AvgIpc) is 3.11. The van der Waals surface area contributed by atoms with Crippen LogP contribution in [0.2, 0.25) is 5.02 Å². The molecule has 26 heavy (non-hydrogen) atoms. The summed E-state index contributed by atoms with van der Waals surface area (Å²) in [5.74, 6) is 1.11. The van der Waals surface area contributed by atoms with E-state index in [1.165, 1.54) is 0 Å². The van der Waals surface area contributed by atoms with Crippen LogP contribution in [0.1, 0.15) is 37.5 Å². The summed E-state index contributed by atoms with van der Waals surface area (Å²) in [5, 5.41) is 3.95. The van der Waals surface area contributed by atoms with Gasteiger partial charge in [0, 0.05) is 31.1 Å². The Hall–Kier alpha value is -1.63. The molecule has 2 saturated heterocycles. The Morgan fingerprint density at radius 3 is 2.77 bits per heavy atom. The van der Waals surface area contributed by atoms with E-state index in [4.69, 9.17) is 20.8 Å². The van der Waals surface area contributed by atoms with Gasteiger partial charge >= 0.3 is 0 Å². The van der Waals surface area contributed by atoms with Crippen molar-refractivity contribution in [2.75, 3.05) is 33.3 Å². The zero-order valence-electron chi connectivity index (χ0n) is 15.0. The molecule has 2 aromatic rings. The molecule has 3 heterocycles. The van der Waals surface area contributed by atoms with Gasteiger partial charge in [0.05, 0.1) is 0 Å². The van der Waals surface area contributed by atoms with Gasteiger partial charge in [0.2, 0.25) is 0 Å². The third-order valence-electron chi connectivity index (χ3n) is 5.69. The van der Waals surface area contributed by atoms with E-state index in [0.717, 1.165) is 55.8 Å². The number of methoxy groups -OCH3 is 1. The fourth-order valence-corrected chi connectivity index (χ4v) is 4.21. The first-order valence-corrected chi connectivity index (χ1v) is 9.60. The minimum absolute atomic E-state index is 0.129. The van der Waals surface area contributed by atoms with Crippen LogP contribution in [-0.2, 0) is 9.53 Å². The number of nitrogens with one attached hydrogen (secondary N) is 1. The number of carbonyl (C=O) groups excluding carboxylic acids is 1. The number of benzene rings is 1. The summed E-state index contributed by atoms with van der Waals surface area (Å²) in [7, 11) is 1.65. The van der Waals surface area contributed by atoms with E-state index < -0.39 is 5.60 Å². The summed E-state index contributed by atoms with van der Waals surface area (Å²) in [4.78, 5) is 19.6. The molecule has 2 fully saturated rings. The number of rotatable bonds is 3. The molecular weight excluding hydrogens is 354 g/mol. The number of nitrogens with zero attached hydrogens (tertiary/aromatic N) is 2. The summed E-state index contributed by atoms with van der Waals surface area (Å²) >= 11 is 6.03. The lowest BCUT2D eigenvalue weighted by Crippen LogP contribution is -2.56. The summed E-state index contributed by atoms with van der Waals surface area (Å²) in [6.45, 7) is 3.06. The number of fused-ring (bicyclic) bond motifs is 1. The molecule has 0 saturated carbocycles. The van der Waals surface area contributed by atoms with Crippen LogP contribution in [0, 0.1) is 0 Å². The molecule has 1 aromatic carbocycles. The SMILES string of the molecule is COC1(C(=O)N2CCC(c3nc4cc(Cl)ccc4o3)CC2)CCNCC1. The molecule has 1 amide bonds. The van der Waals surface area contributed by atoms with Crippen molar-refractivity contribution in [3.8, 4) is 0 Å². The molecule has 7 heteroatoms. The van der Waals surface area contributed by atoms with Gasteiger partial charge in [-0.05, 0) is 57.0 Å². The topological polar surface area (TPSA) is 67.6 Å². The first-order chi connectivity index (χ1) is 12.6. The van der Waals surface area contributed by atoms with Crippen molar-refractivity contribution in [3.63, 3.8) is 0 Å². The van der Waals surface area contributed by atoms with E-state index in [1.54, 1.807) is 7.11 Å². The molecular formula is C19H24ClN3O3. The average molecular weight is 378 g/mol. The number of oxazole rings is 1. The molecule has 0 unspecified atom stereocenters. The summed E-state index contributed by atoms with van der Waals surface area (Å²) in [5.41, 5.74) is 0.891. The maximum absolute atomic E-state index is 13.0. The van der Waals surface area contributed by atoms with Crippen LogP contribution in [-0.4, -0.2) is 54.7 Å². The Kier molecular flexibility index (Phi) is 4.90. The monoisotopic (exact) mass is 377 g/mol. The molecule has 140 valence electrons. The van der Waals surface area contributed by atoms with Crippen LogP contribution >= 0.6 is 11.6 Å². The van der Waals surface area contributed by atoms with Gasteiger partial charge in [-0.15, -0.1) is 0 Å². The molecule has 0 aliphatic carbocycles. The van der Waals surface area contributed by atoms with Crippen molar-refractivity contribution in [1.82, 2.24) is 15.2 Å². The van der Waals surface area contributed by atoms with Crippen molar-refractivity contribution in [2.24, 2.45) is 0 Å². The largest absolute Gasteiger partial charge is 0.440 e. The molecule has 1 N–H and O–H groups in total. The van der Waals surface area contributed by atoms with Gasteiger partial charge in [0.25, 0.3) is 5.91 Å². The van der Waals surface area contributed by atoms with Crippen LogP contribution in [0.4, 0.5) is 0 Å². The zero-order valence-corrected chi connectivity index (χ0v) is 15.7. The normalized spacial score (nSPS) is 21.2. The predicted octanol–water partition coefficient (Wildman–Crippen LogP) is 2.96. The summed E-state index contributed by atoms with van der Waals surface area (Å²) in [6, 6.07) is 5.48. The molecule has 0 spiro atoms. The number of ether oxygens (including phenoxy) is 1. The molecule has 2 aliphatic heterocycles. The number of hydrogen-bond donors (Lipinski definition) is 1. The lowest BCUT2D eigenvalue weighted by atomic mass is 9.88. The highest BCUT2D eigenvalue weighted by molar-refractivity contribution is 6.31. The van der Waals surface area contributed by atoms with Crippen LogP contribution < -0.4 is 5.32 Å². The number of amides is 1. The first-order valence-electron chi connectivity index (χ1n) is 9.22. The number of piperidine rings is 2. The van der Waals surface area contributed by atoms with Gasteiger partial charge in [-0.2, -0.15) is 0 Å². The maximum Gasteiger partial charge on any atom is 0.254 e. The predicted molar refractivity (Wildman–Crippen MR) is 99.4 cm³/mol. The van der Waals surface area contributed by atoms with Gasteiger partial charge in [0.1, 0.15) is 11.1 Å². The number of halogens is 1. The van der Waals surface area contributed by atoms with Gasteiger partial charge in [0.15, 0.2) is 11.5 Å². The molecule has 6 nitrogen and oxygen atoms in total. The molecule has 0 bridgehead atoms. The Labute approximate surface area is 157 Å². The highest BCUT2D eigenvalue weighted by Crippen LogP contribution is 2.33. The van der Waals surface area contributed by atoms with Crippen LogP contribution in [0.3, 0.4) is 0 Å². The Bertz CT molecular complexity index is 792. The molecule has 0 radical (unpaired) electrons. The highest BCUT2D eigenvalue weighted by Gasteiger charge is 2.43. The maximum atomic E-state index is 13.0. The van der Waals surface area contributed by atoms with Gasteiger partial charge in [-0.3, -0.25) is 4.79 Å². The Morgan fingerprint density at radius 2 is 2.08 bits per heavy atom. The molecule has 2 aliphatic rings. The van der Waals surface area contributed by atoms with Crippen molar-refractivity contribution < 1.29 is 13.9 Å². The second-order valence-electron chi connectivity index (χ2n) is 7.18. The second kappa shape index (κ2) is 7.18. The lowest BCUT2D eigenvalue weighted by molar-refractivity contribution is -0.159. The standard InChI is InChI=1S/C19H24ClN3O3/c1-25-19(6-8-21-9-7-19)18(24)23-10-4-13(5-11-23)17-22-15-12-14(20)2-3-16(15)26-17/h2-3,12-13,21H,4-11H2,1H3. The summed E-state index contributed by atoms with van der Waals surface area (Å²) < 4.78 is 11.6. The zero-order chi connectivity index (χ0) is 18.1. The molecule has 0 atom stereocenters. The van der Waals surface area contributed by atoms with Crippen molar-refractivity contribution in [1.29, 1.82) is 0 Å². The molecule has 4 rings (SSSR count). The Balaban J connectivity index is 1.43. The van der Waals surface area contributed by atoms with E-state index in [-0.39, 0.29) is 11.8 Å². The second-order valence-corrected chi connectivity index (χ2v) is 7.62. The van der Waals surface area contributed by atoms with E-state index >= 15 is 0 Å². The van der Waals surface area contributed by atoms with Crippen LogP contribution in [0.15, 0.2) is 22.6 Å². The molecule has 1 aromatic heterocycles. The minimum Gasteiger partial charge on any atom is -0.440 e. The van der Waals surface area contributed by atoms with Crippen molar-refractivity contribution >= 4 is 28.6 Å². The van der Waals surface area contributed by atoms with E-state index in [0.29, 0.717) is 18.1 Å². The number of likely N-dealkylation sites (tertiary alicyclic amines) is 1. The Morgan fingerprint density at radius 1 is 1.35 bits per heavy atom. The summed E-state index contributed by atoms with van der Waals surface area (Å²) in [6.07, 6.45) is 3.16. The highest BCUT2D eigenvalue weighted by atomic mass is 35.5. The number of aromatic nitrogens is 1. The quantitative estimate of drug-likeness (QED) is 0.890. The smallest absolute Gasteiger partial charge is 0.254 e. The number of hydrogen-bond acceptors (Lipinski definition) is 5. The van der Waals surface area contributed by atoms with Gasteiger partial charge in [-0.25, -0.2) is 4.98 Å². The fourth-order valence-electron chi connectivity index (χ4n) is 4.05. The lowest BCUT2D eigenvalue weighted by Gasteiger charge is -2.41. The first kappa shape index (κ1) is 17.8. The third kappa shape index (κ3) is 3.21. The van der Waals surface area contributed by atoms with Crippen LogP contribution in [0.5, 0.6) is 0 Å². The number of carbonyl (C=O) groups is 1. The van der Waals surface area contributed by atoms with E-state index in [1.807, 2.05) is 23.1 Å². The minimum atomic E-state index is -0.660. The third-order valence-corrected chi connectivity index (χ3v) is 5.92. The van der Waals surface area contributed by atoms with Gasteiger partial charge in [-0.1, -0.05) is 11.6 Å². The van der Waals surface area contributed by atoms with Crippen LogP contribution in [0.25, 0.3) is 11.1 Å². The fraction of sp³-hybridized carbons (Fsp3) is 0.579. The van der Waals surface area contributed by atoms with E-state index in [2.05, 4.69) is 10.3 Å². The van der Waals surface area contributed by atoms with E-state index in [9.17, 15) is 4.79 Å². The van der Waals surface area contributed by atoms with Crippen molar-refractivity contribution in [2.45, 2.75) is 37.2 Å². The van der Waals surface area contributed by atoms with Crippen molar-refractivity contribution in [3.05, 3.63) is 29.1 Å². The van der Waals surface area contributed by atoms with Gasteiger partial charge < -0.3 is 19.4 Å².